The Morgan fingerprint density at radius 2 is 1.81 bits per heavy atom. The van der Waals surface area contributed by atoms with Crippen molar-refractivity contribution in [3.05, 3.63) is 40.9 Å². The van der Waals surface area contributed by atoms with E-state index in [1.165, 1.54) is 31.6 Å². The number of amides is 1. The number of carbonyl (C=O) groups excluding carboxylic acids is 1. The number of hydrogen-bond acceptors (Lipinski definition) is 6. The number of anilines is 1. The highest BCUT2D eigenvalue weighted by molar-refractivity contribution is 7.13. The number of hydrogen-bond donors (Lipinski definition) is 0. The molecule has 0 atom stereocenters. The van der Waals surface area contributed by atoms with Gasteiger partial charge in [0.05, 0.1) is 18.7 Å². The van der Waals surface area contributed by atoms with E-state index in [1.807, 2.05) is 36.1 Å². The number of rotatable bonds is 7. The average Bonchev–Trinajstić information content (AvgIpc) is 3.25. The van der Waals surface area contributed by atoms with Gasteiger partial charge in [-0.1, -0.05) is 19.1 Å². The highest BCUT2D eigenvalue weighted by Gasteiger charge is 2.23. The van der Waals surface area contributed by atoms with Gasteiger partial charge in [0.25, 0.3) is 0 Å². The minimum Gasteiger partial charge on any atom is -0.494 e. The number of nitrogens with zero attached hydrogens (tertiary/aromatic N) is 4. The molecule has 3 heterocycles. The number of piperazine rings is 1. The molecule has 7 heteroatoms. The standard InChI is InChI=1S/C24H34N4O2S/c1-3-30-22-6-4-20(5-7-22)16-23(29)27-12-14-28(15-13-27)24-25-21(18-31-24)17-26-10-8-19(2)9-11-26/h4-7,18-19H,3,8-17H2,1-2H3. The van der Waals surface area contributed by atoms with Gasteiger partial charge >= 0.3 is 0 Å². The van der Waals surface area contributed by atoms with Crippen LogP contribution in [0.15, 0.2) is 29.6 Å². The predicted molar refractivity (Wildman–Crippen MR) is 126 cm³/mol. The van der Waals surface area contributed by atoms with Crippen molar-refractivity contribution in [1.82, 2.24) is 14.8 Å². The van der Waals surface area contributed by atoms with E-state index in [9.17, 15) is 4.79 Å². The largest absolute Gasteiger partial charge is 0.494 e. The molecule has 1 aromatic carbocycles. The van der Waals surface area contributed by atoms with Crippen LogP contribution in [0.25, 0.3) is 0 Å². The Morgan fingerprint density at radius 3 is 2.48 bits per heavy atom. The van der Waals surface area contributed by atoms with Crippen molar-refractivity contribution in [3.8, 4) is 5.75 Å². The topological polar surface area (TPSA) is 48.9 Å². The quantitative estimate of drug-likeness (QED) is 0.655. The van der Waals surface area contributed by atoms with Crippen LogP contribution in [0.5, 0.6) is 5.75 Å². The number of carbonyl (C=O) groups is 1. The van der Waals surface area contributed by atoms with Gasteiger partial charge in [0.2, 0.25) is 5.91 Å². The lowest BCUT2D eigenvalue weighted by Gasteiger charge is -2.34. The van der Waals surface area contributed by atoms with Crippen molar-refractivity contribution in [1.29, 1.82) is 0 Å². The first-order chi connectivity index (χ1) is 15.1. The summed E-state index contributed by atoms with van der Waals surface area (Å²) in [5, 5.41) is 3.30. The molecule has 2 aromatic rings. The Hall–Kier alpha value is -2.12. The summed E-state index contributed by atoms with van der Waals surface area (Å²) in [6, 6.07) is 7.85. The second-order valence-corrected chi connectivity index (χ2v) is 9.54. The molecule has 2 fully saturated rings. The molecule has 4 rings (SSSR count). The van der Waals surface area contributed by atoms with E-state index >= 15 is 0 Å². The summed E-state index contributed by atoms with van der Waals surface area (Å²) in [5.74, 6) is 1.91. The Kier molecular flexibility index (Phi) is 7.45. The summed E-state index contributed by atoms with van der Waals surface area (Å²) in [7, 11) is 0. The van der Waals surface area contributed by atoms with Crippen molar-refractivity contribution in [2.75, 3.05) is 50.8 Å². The molecule has 0 saturated carbocycles. The number of aromatic nitrogens is 1. The minimum atomic E-state index is 0.197. The van der Waals surface area contributed by atoms with Crippen LogP contribution >= 0.6 is 11.3 Å². The van der Waals surface area contributed by atoms with E-state index in [2.05, 4.69) is 22.1 Å². The summed E-state index contributed by atoms with van der Waals surface area (Å²) in [6.07, 6.45) is 3.04. The molecule has 2 aliphatic rings. The lowest BCUT2D eigenvalue weighted by Crippen LogP contribution is -2.49. The summed E-state index contributed by atoms with van der Waals surface area (Å²) >= 11 is 1.74. The fourth-order valence-corrected chi connectivity index (χ4v) is 5.14. The minimum absolute atomic E-state index is 0.197. The molecule has 0 bridgehead atoms. The van der Waals surface area contributed by atoms with Crippen molar-refractivity contribution < 1.29 is 9.53 Å². The summed E-state index contributed by atoms with van der Waals surface area (Å²) in [5.41, 5.74) is 2.22. The Balaban J connectivity index is 1.24. The van der Waals surface area contributed by atoms with Crippen LogP contribution < -0.4 is 9.64 Å². The van der Waals surface area contributed by atoms with Gasteiger partial charge in [0, 0.05) is 38.1 Å². The first kappa shape index (κ1) is 22.1. The van der Waals surface area contributed by atoms with Gasteiger partial charge in [0.1, 0.15) is 5.75 Å². The zero-order valence-electron chi connectivity index (χ0n) is 18.8. The number of piperidine rings is 1. The normalized spacial score (nSPS) is 18.4. The molecule has 168 valence electrons. The second kappa shape index (κ2) is 10.5. The fraction of sp³-hybridized carbons (Fsp3) is 0.583. The smallest absolute Gasteiger partial charge is 0.227 e. The van der Waals surface area contributed by atoms with Gasteiger partial charge in [-0.15, -0.1) is 11.3 Å². The van der Waals surface area contributed by atoms with Gasteiger partial charge in [-0.2, -0.15) is 0 Å². The fourth-order valence-electron chi connectivity index (χ4n) is 4.27. The Bertz CT molecular complexity index is 838. The third-order valence-electron chi connectivity index (χ3n) is 6.29. The van der Waals surface area contributed by atoms with E-state index in [0.29, 0.717) is 13.0 Å². The maximum atomic E-state index is 12.7. The third-order valence-corrected chi connectivity index (χ3v) is 7.24. The summed E-state index contributed by atoms with van der Waals surface area (Å²) < 4.78 is 5.48. The van der Waals surface area contributed by atoms with Crippen LogP contribution in [-0.4, -0.2) is 66.6 Å². The lowest BCUT2D eigenvalue weighted by atomic mass is 9.99. The van der Waals surface area contributed by atoms with Crippen LogP contribution in [0.1, 0.15) is 37.9 Å². The third kappa shape index (κ3) is 5.98. The van der Waals surface area contributed by atoms with Gasteiger partial charge in [-0.05, 0) is 56.5 Å². The molecule has 1 amide bonds. The Morgan fingerprint density at radius 1 is 1.10 bits per heavy atom. The number of thiazole rings is 1. The molecular formula is C24H34N4O2S. The highest BCUT2D eigenvalue weighted by Crippen LogP contribution is 2.24. The average molecular weight is 443 g/mol. The van der Waals surface area contributed by atoms with Crippen molar-refractivity contribution in [2.24, 2.45) is 5.92 Å². The van der Waals surface area contributed by atoms with Crippen molar-refractivity contribution in [3.63, 3.8) is 0 Å². The van der Waals surface area contributed by atoms with Gasteiger partial charge in [-0.25, -0.2) is 4.98 Å². The number of ether oxygens (including phenoxy) is 1. The maximum absolute atomic E-state index is 12.7. The molecule has 6 nitrogen and oxygen atoms in total. The zero-order chi connectivity index (χ0) is 21.6. The zero-order valence-corrected chi connectivity index (χ0v) is 19.6. The van der Waals surface area contributed by atoms with Crippen LogP contribution in [0.4, 0.5) is 5.13 Å². The first-order valence-corrected chi connectivity index (χ1v) is 12.4. The summed E-state index contributed by atoms with van der Waals surface area (Å²) in [6.45, 7) is 11.5. The molecular weight excluding hydrogens is 408 g/mol. The Labute approximate surface area is 189 Å². The first-order valence-electron chi connectivity index (χ1n) is 11.5. The molecule has 0 unspecified atom stereocenters. The van der Waals surface area contributed by atoms with Crippen LogP contribution in [0.3, 0.4) is 0 Å². The van der Waals surface area contributed by atoms with Gasteiger partial charge in [0.15, 0.2) is 5.13 Å². The van der Waals surface area contributed by atoms with Crippen molar-refractivity contribution in [2.45, 2.75) is 39.7 Å². The van der Waals surface area contributed by atoms with E-state index < -0.39 is 0 Å². The van der Waals surface area contributed by atoms with E-state index in [-0.39, 0.29) is 5.91 Å². The van der Waals surface area contributed by atoms with Gasteiger partial charge < -0.3 is 14.5 Å². The molecule has 0 spiro atoms. The maximum Gasteiger partial charge on any atom is 0.227 e. The van der Waals surface area contributed by atoms with Crippen LogP contribution in [0, 0.1) is 5.92 Å². The van der Waals surface area contributed by atoms with Crippen LogP contribution in [-0.2, 0) is 17.8 Å². The number of likely N-dealkylation sites (tertiary alicyclic amines) is 1. The SMILES string of the molecule is CCOc1ccc(CC(=O)N2CCN(c3nc(CN4CCC(C)CC4)cs3)CC2)cc1. The predicted octanol–water partition coefficient (Wildman–Crippen LogP) is 3.67. The van der Waals surface area contributed by atoms with E-state index in [1.54, 1.807) is 11.3 Å². The number of benzene rings is 1. The molecule has 0 aliphatic carbocycles. The molecule has 0 radical (unpaired) electrons. The van der Waals surface area contributed by atoms with Crippen molar-refractivity contribution >= 4 is 22.4 Å². The molecule has 1 aromatic heterocycles. The molecule has 31 heavy (non-hydrogen) atoms. The lowest BCUT2D eigenvalue weighted by molar-refractivity contribution is -0.130. The molecule has 0 N–H and O–H groups in total. The van der Waals surface area contributed by atoms with Gasteiger partial charge in [-0.3, -0.25) is 9.69 Å². The highest BCUT2D eigenvalue weighted by atomic mass is 32.1. The monoisotopic (exact) mass is 442 g/mol. The van der Waals surface area contributed by atoms with E-state index in [4.69, 9.17) is 9.72 Å². The van der Waals surface area contributed by atoms with E-state index in [0.717, 1.165) is 55.1 Å². The molecule has 2 aliphatic heterocycles. The second-order valence-electron chi connectivity index (χ2n) is 8.70. The molecule has 2 saturated heterocycles. The van der Waals surface area contributed by atoms with Crippen LogP contribution in [0.2, 0.25) is 0 Å². The summed E-state index contributed by atoms with van der Waals surface area (Å²) in [4.78, 5) is 24.5.